The molecule has 3 aliphatic rings. The molecule has 1 aromatic carbocycles. The normalized spacial score (nSPS) is 32.2. The Bertz CT molecular complexity index is 947. The van der Waals surface area contributed by atoms with Crippen molar-refractivity contribution >= 4 is 23.5 Å². The molecule has 34 heavy (non-hydrogen) atoms. The van der Waals surface area contributed by atoms with Crippen molar-refractivity contribution in [2.45, 2.75) is 70.2 Å². The summed E-state index contributed by atoms with van der Waals surface area (Å²) in [5, 5.41) is 0. The molecule has 1 aromatic rings. The van der Waals surface area contributed by atoms with E-state index in [9.17, 15) is 14.4 Å². The highest BCUT2D eigenvalue weighted by molar-refractivity contribution is 6.05. The summed E-state index contributed by atoms with van der Waals surface area (Å²) >= 11 is 0. The zero-order valence-electron chi connectivity index (χ0n) is 19.5. The molecular weight excluding hydrogens is 446 g/mol. The highest BCUT2D eigenvalue weighted by Crippen LogP contribution is 2.38. The first-order chi connectivity index (χ1) is 16.1. The molecule has 1 amide bonds. The number of β-lactam (4-membered cyclic amide) rings is 1. The van der Waals surface area contributed by atoms with Gasteiger partial charge in [-0.15, -0.1) is 0 Å². The highest BCUT2D eigenvalue weighted by Gasteiger charge is 2.57. The Labute approximate surface area is 197 Å². The fourth-order valence-corrected chi connectivity index (χ4v) is 4.24. The average Bonchev–Trinajstić information content (AvgIpc) is 3.14. The minimum atomic E-state index is -0.919. The van der Waals surface area contributed by atoms with Gasteiger partial charge in [0.25, 0.3) is 5.91 Å². The summed E-state index contributed by atoms with van der Waals surface area (Å²) in [5.74, 6) is -2.01. The molecule has 3 heterocycles. The van der Waals surface area contributed by atoms with Gasteiger partial charge in [0.15, 0.2) is 18.2 Å². The van der Waals surface area contributed by atoms with Gasteiger partial charge >= 0.3 is 11.9 Å². The Hall–Kier alpha value is -2.79. The minimum Gasteiger partial charge on any atom is -0.463 e. The predicted molar refractivity (Wildman–Crippen MR) is 117 cm³/mol. The third-order valence-corrected chi connectivity index (χ3v) is 5.70. The molecule has 4 rings (SSSR count). The molecule has 2 fully saturated rings. The van der Waals surface area contributed by atoms with E-state index in [-0.39, 0.29) is 12.5 Å². The summed E-state index contributed by atoms with van der Waals surface area (Å²) in [6.07, 6.45) is -0.534. The molecule has 2 saturated heterocycles. The topological polar surface area (TPSA) is 110 Å². The monoisotopic (exact) mass is 475 g/mol. The number of nitrogens with zero attached hydrogens (tertiary/aromatic N) is 1. The van der Waals surface area contributed by atoms with E-state index in [0.29, 0.717) is 6.61 Å². The molecule has 1 unspecified atom stereocenters. The SMILES string of the molecule is CC(=O)OC[C@H]1O[C@H](O[C@H]2C(=O)N(c3ccccc3)[C@H]2C2COC(C)(C)O2)C=C[C@@H]1OC(C)=O. The van der Waals surface area contributed by atoms with Gasteiger partial charge in [0.2, 0.25) is 0 Å². The highest BCUT2D eigenvalue weighted by atomic mass is 16.7. The van der Waals surface area contributed by atoms with E-state index in [2.05, 4.69) is 0 Å². The number of benzene rings is 1. The number of para-hydroxylation sites is 1. The van der Waals surface area contributed by atoms with Crippen LogP contribution in [0.15, 0.2) is 42.5 Å². The molecule has 0 radical (unpaired) electrons. The zero-order chi connectivity index (χ0) is 24.5. The van der Waals surface area contributed by atoms with E-state index in [1.54, 1.807) is 17.1 Å². The second kappa shape index (κ2) is 9.83. The first kappa shape index (κ1) is 24.3. The van der Waals surface area contributed by atoms with Gasteiger partial charge in [-0.25, -0.2) is 0 Å². The molecule has 10 heteroatoms. The standard InChI is InChI=1S/C24H29NO9/c1-14(26)29-12-18-17(31-15(2)27)10-11-20(32-18)33-22-21(19-13-30-24(3,4)34-19)25(23(22)28)16-8-6-5-7-9-16/h5-11,17-22H,12-13H2,1-4H3/t17-,18+,19?,20+,21-,22+/m0/s1. The molecule has 3 aliphatic heterocycles. The van der Waals surface area contributed by atoms with Crippen molar-refractivity contribution in [3.05, 3.63) is 42.5 Å². The molecular formula is C24H29NO9. The van der Waals surface area contributed by atoms with Crippen molar-refractivity contribution in [2.24, 2.45) is 0 Å². The number of carbonyl (C=O) groups excluding carboxylic acids is 3. The van der Waals surface area contributed by atoms with Gasteiger partial charge in [-0.1, -0.05) is 18.2 Å². The van der Waals surface area contributed by atoms with Crippen molar-refractivity contribution in [2.75, 3.05) is 18.1 Å². The Morgan fingerprint density at radius 3 is 2.47 bits per heavy atom. The van der Waals surface area contributed by atoms with Crippen LogP contribution in [-0.2, 0) is 42.8 Å². The Morgan fingerprint density at radius 2 is 1.85 bits per heavy atom. The van der Waals surface area contributed by atoms with E-state index in [1.807, 2.05) is 44.2 Å². The molecule has 0 bridgehead atoms. The number of hydrogen-bond acceptors (Lipinski definition) is 9. The number of hydrogen-bond donors (Lipinski definition) is 0. The van der Waals surface area contributed by atoms with Gasteiger partial charge in [0, 0.05) is 19.5 Å². The van der Waals surface area contributed by atoms with Crippen molar-refractivity contribution in [3.8, 4) is 0 Å². The van der Waals surface area contributed by atoms with Crippen LogP contribution in [0.5, 0.6) is 0 Å². The van der Waals surface area contributed by atoms with E-state index < -0.39 is 54.5 Å². The van der Waals surface area contributed by atoms with Gasteiger partial charge in [0.1, 0.15) is 31.0 Å². The number of rotatable bonds is 7. The van der Waals surface area contributed by atoms with Crippen molar-refractivity contribution < 1.29 is 42.8 Å². The van der Waals surface area contributed by atoms with Crippen LogP contribution >= 0.6 is 0 Å². The third-order valence-electron chi connectivity index (χ3n) is 5.70. The molecule has 184 valence electrons. The van der Waals surface area contributed by atoms with Crippen LogP contribution in [0.3, 0.4) is 0 Å². The van der Waals surface area contributed by atoms with Crippen LogP contribution in [0.1, 0.15) is 27.7 Å². The molecule has 0 aromatic heterocycles. The van der Waals surface area contributed by atoms with Gasteiger partial charge in [-0.05, 0) is 38.1 Å². The smallest absolute Gasteiger partial charge is 0.303 e. The van der Waals surface area contributed by atoms with Gasteiger partial charge in [0.05, 0.1) is 6.61 Å². The van der Waals surface area contributed by atoms with E-state index in [0.717, 1.165) is 5.69 Å². The van der Waals surface area contributed by atoms with Crippen LogP contribution in [0, 0.1) is 0 Å². The van der Waals surface area contributed by atoms with Gasteiger partial charge in [-0.2, -0.15) is 0 Å². The van der Waals surface area contributed by atoms with E-state index in [1.165, 1.54) is 13.8 Å². The maximum absolute atomic E-state index is 13.2. The summed E-state index contributed by atoms with van der Waals surface area (Å²) in [6.45, 7) is 6.35. The lowest BCUT2D eigenvalue weighted by Gasteiger charge is -2.49. The zero-order valence-corrected chi connectivity index (χ0v) is 19.5. The van der Waals surface area contributed by atoms with Crippen molar-refractivity contribution in [3.63, 3.8) is 0 Å². The molecule has 0 spiro atoms. The fraction of sp³-hybridized carbons (Fsp3) is 0.542. The number of esters is 2. The first-order valence-electron chi connectivity index (χ1n) is 11.1. The number of ether oxygens (including phenoxy) is 6. The van der Waals surface area contributed by atoms with Gasteiger partial charge < -0.3 is 33.3 Å². The Balaban J connectivity index is 1.51. The third kappa shape index (κ3) is 5.30. The lowest BCUT2D eigenvalue weighted by atomic mass is 9.91. The van der Waals surface area contributed by atoms with Crippen LogP contribution < -0.4 is 4.90 Å². The van der Waals surface area contributed by atoms with Crippen LogP contribution in [-0.4, -0.2) is 73.6 Å². The lowest BCUT2D eigenvalue weighted by Crippen LogP contribution is -2.71. The summed E-state index contributed by atoms with van der Waals surface area (Å²) in [6, 6.07) is 8.83. The van der Waals surface area contributed by atoms with Crippen molar-refractivity contribution in [1.29, 1.82) is 0 Å². The quantitative estimate of drug-likeness (QED) is 0.331. The molecule has 0 N–H and O–H groups in total. The lowest BCUT2D eigenvalue weighted by molar-refractivity contribution is -0.223. The van der Waals surface area contributed by atoms with Crippen LogP contribution in [0.25, 0.3) is 0 Å². The minimum absolute atomic E-state index is 0.135. The number of amides is 1. The van der Waals surface area contributed by atoms with E-state index in [4.69, 9.17) is 28.4 Å². The number of anilines is 1. The fourth-order valence-electron chi connectivity index (χ4n) is 4.24. The average molecular weight is 475 g/mol. The molecule has 6 atom stereocenters. The largest absolute Gasteiger partial charge is 0.463 e. The maximum atomic E-state index is 13.2. The predicted octanol–water partition coefficient (Wildman–Crippen LogP) is 1.71. The summed E-state index contributed by atoms with van der Waals surface area (Å²) in [4.78, 5) is 37.5. The second-order valence-electron chi connectivity index (χ2n) is 8.76. The van der Waals surface area contributed by atoms with Crippen LogP contribution in [0.4, 0.5) is 5.69 Å². The summed E-state index contributed by atoms with van der Waals surface area (Å²) in [7, 11) is 0. The summed E-state index contributed by atoms with van der Waals surface area (Å²) < 4.78 is 34.0. The Morgan fingerprint density at radius 1 is 1.12 bits per heavy atom. The first-order valence-corrected chi connectivity index (χ1v) is 11.1. The number of carbonyl (C=O) groups is 3. The molecule has 0 aliphatic carbocycles. The van der Waals surface area contributed by atoms with Crippen molar-refractivity contribution in [1.82, 2.24) is 0 Å². The maximum Gasteiger partial charge on any atom is 0.303 e. The molecule has 10 nitrogen and oxygen atoms in total. The second-order valence-corrected chi connectivity index (χ2v) is 8.76. The van der Waals surface area contributed by atoms with Crippen LogP contribution in [0.2, 0.25) is 0 Å². The Kier molecular flexibility index (Phi) is 7.04. The van der Waals surface area contributed by atoms with Gasteiger partial charge in [-0.3, -0.25) is 14.4 Å². The summed E-state index contributed by atoms with van der Waals surface area (Å²) in [5.41, 5.74) is 0.730. The molecule has 0 saturated carbocycles. The van der Waals surface area contributed by atoms with E-state index >= 15 is 0 Å².